The third-order valence-electron chi connectivity index (χ3n) is 6.97. The Bertz CT molecular complexity index is 999. The first-order valence-corrected chi connectivity index (χ1v) is 11.8. The maximum atomic E-state index is 5.09. The maximum Gasteiger partial charge on any atom is 0.223 e. The average Bonchev–Trinajstić information content (AvgIpc) is 3.51. The monoisotopic (exact) mass is 431 g/mol. The van der Waals surface area contributed by atoms with Crippen LogP contribution in [0.2, 0.25) is 0 Å². The van der Waals surface area contributed by atoms with Crippen LogP contribution >= 0.6 is 0 Å². The smallest absolute Gasteiger partial charge is 0.223 e. The normalized spacial score (nSPS) is 21.1. The molecule has 1 aromatic heterocycles. The van der Waals surface area contributed by atoms with Gasteiger partial charge in [-0.25, -0.2) is 0 Å². The van der Waals surface area contributed by atoms with Crippen LogP contribution in [0, 0.1) is 6.92 Å². The molecule has 6 heteroatoms. The molecular formula is C26H33N5O. The van der Waals surface area contributed by atoms with Crippen molar-refractivity contribution in [1.29, 1.82) is 0 Å². The number of aromatic nitrogens is 2. The Morgan fingerprint density at radius 1 is 0.969 bits per heavy atom. The van der Waals surface area contributed by atoms with Crippen molar-refractivity contribution in [2.24, 2.45) is 0 Å². The Labute approximate surface area is 190 Å². The number of hydrogen-bond acceptors (Lipinski definition) is 6. The Kier molecular flexibility index (Phi) is 6.35. The third kappa shape index (κ3) is 4.77. The number of piperazine rings is 1. The van der Waals surface area contributed by atoms with E-state index >= 15 is 0 Å². The van der Waals surface area contributed by atoms with Crippen LogP contribution < -0.4 is 5.32 Å². The zero-order valence-corrected chi connectivity index (χ0v) is 19.1. The maximum absolute atomic E-state index is 5.09. The van der Waals surface area contributed by atoms with Gasteiger partial charge in [0.25, 0.3) is 0 Å². The molecule has 0 amide bonds. The molecule has 0 bridgehead atoms. The number of aryl methyl sites for hydroxylation is 1. The molecule has 3 heterocycles. The Morgan fingerprint density at radius 3 is 2.22 bits per heavy atom. The van der Waals surface area contributed by atoms with E-state index in [-0.39, 0.29) is 0 Å². The molecule has 2 atom stereocenters. The van der Waals surface area contributed by atoms with E-state index in [1.165, 1.54) is 55.7 Å². The molecule has 2 aromatic carbocycles. The summed E-state index contributed by atoms with van der Waals surface area (Å²) in [4.78, 5) is 9.47. The average molecular weight is 432 g/mol. The summed E-state index contributed by atoms with van der Waals surface area (Å²) in [5.74, 6) is 1.22. The molecule has 2 fully saturated rings. The van der Waals surface area contributed by atoms with E-state index in [1.54, 1.807) is 0 Å². The molecule has 0 aliphatic carbocycles. The molecule has 0 spiro atoms. The first-order valence-electron chi connectivity index (χ1n) is 11.8. The molecule has 2 saturated heterocycles. The lowest BCUT2D eigenvalue weighted by molar-refractivity contribution is 0.0938. The second-order valence-corrected chi connectivity index (χ2v) is 9.22. The molecule has 2 aliphatic heterocycles. The Balaban J connectivity index is 1.28. The topological polar surface area (TPSA) is 57.4 Å². The summed E-state index contributed by atoms with van der Waals surface area (Å²) >= 11 is 0. The molecule has 0 saturated carbocycles. The first-order chi connectivity index (χ1) is 15.7. The van der Waals surface area contributed by atoms with Crippen molar-refractivity contribution < 1.29 is 4.52 Å². The lowest BCUT2D eigenvalue weighted by Gasteiger charge is -2.40. The summed E-state index contributed by atoms with van der Waals surface area (Å²) in [5.41, 5.74) is 4.83. The summed E-state index contributed by atoms with van der Waals surface area (Å²) in [7, 11) is 2.23. The van der Waals surface area contributed by atoms with E-state index in [0.717, 1.165) is 18.5 Å². The van der Waals surface area contributed by atoms with Crippen LogP contribution in [0.15, 0.2) is 53.1 Å². The molecule has 6 nitrogen and oxygen atoms in total. The number of benzene rings is 2. The van der Waals surface area contributed by atoms with Crippen molar-refractivity contribution in [1.82, 2.24) is 25.3 Å². The summed E-state index contributed by atoms with van der Waals surface area (Å²) in [6, 6.07) is 18.7. The van der Waals surface area contributed by atoms with Gasteiger partial charge >= 0.3 is 0 Å². The van der Waals surface area contributed by atoms with Crippen molar-refractivity contribution in [2.75, 3.05) is 39.8 Å². The molecule has 168 valence electrons. The van der Waals surface area contributed by atoms with Gasteiger partial charge in [0.05, 0.1) is 0 Å². The van der Waals surface area contributed by atoms with Gasteiger partial charge in [-0.15, -0.1) is 0 Å². The molecular weight excluding hydrogens is 398 g/mol. The number of likely N-dealkylation sites (N-methyl/N-ethyl adjacent to an activating group) is 1. The zero-order valence-electron chi connectivity index (χ0n) is 19.1. The van der Waals surface area contributed by atoms with E-state index in [0.29, 0.717) is 23.8 Å². The van der Waals surface area contributed by atoms with Gasteiger partial charge in [0.1, 0.15) is 0 Å². The molecule has 1 unspecified atom stereocenters. The van der Waals surface area contributed by atoms with Crippen molar-refractivity contribution >= 4 is 0 Å². The van der Waals surface area contributed by atoms with Crippen LogP contribution in [0.3, 0.4) is 0 Å². The van der Waals surface area contributed by atoms with Gasteiger partial charge in [0.15, 0.2) is 0 Å². The minimum atomic E-state index is 0.578. The standard InChI is InChI=1S/C26H33N5O/c1-19-28-26(29-32-19)23-11-9-22(10-12-23)21-7-5-20(6-8-21)18-25(24-4-3-13-27-24)31-16-14-30(2)15-17-31/h5-12,24-25,27H,3-4,13-18H2,1-2H3/t24?,25-/m0/s1. The van der Waals surface area contributed by atoms with E-state index in [2.05, 4.69) is 80.8 Å². The van der Waals surface area contributed by atoms with Crippen molar-refractivity contribution in [3.63, 3.8) is 0 Å². The lowest BCUT2D eigenvalue weighted by atomic mass is 9.94. The first kappa shape index (κ1) is 21.3. The fourth-order valence-electron chi connectivity index (χ4n) is 5.02. The molecule has 1 N–H and O–H groups in total. The van der Waals surface area contributed by atoms with Gasteiger partial charge in [-0.3, -0.25) is 4.90 Å². The molecule has 0 radical (unpaired) electrons. The minimum Gasteiger partial charge on any atom is -0.339 e. The second-order valence-electron chi connectivity index (χ2n) is 9.22. The van der Waals surface area contributed by atoms with Gasteiger partial charge < -0.3 is 14.7 Å². The fraction of sp³-hybridized carbons (Fsp3) is 0.462. The number of hydrogen-bond donors (Lipinski definition) is 1. The predicted octanol–water partition coefficient (Wildman–Crippen LogP) is 3.62. The van der Waals surface area contributed by atoms with Gasteiger partial charge in [-0.05, 0) is 49.5 Å². The van der Waals surface area contributed by atoms with Crippen molar-refractivity contribution in [2.45, 2.75) is 38.3 Å². The Morgan fingerprint density at radius 2 is 1.62 bits per heavy atom. The number of nitrogens with zero attached hydrogens (tertiary/aromatic N) is 4. The summed E-state index contributed by atoms with van der Waals surface area (Å²) in [5, 5.41) is 7.78. The predicted molar refractivity (Wildman–Crippen MR) is 127 cm³/mol. The quantitative estimate of drug-likeness (QED) is 0.643. The zero-order chi connectivity index (χ0) is 21.9. The SMILES string of the molecule is Cc1nc(-c2ccc(-c3ccc(C[C@@H](C4CCCN4)N4CCN(C)CC4)cc3)cc2)no1. The van der Waals surface area contributed by atoms with E-state index < -0.39 is 0 Å². The second kappa shape index (κ2) is 9.53. The molecule has 32 heavy (non-hydrogen) atoms. The van der Waals surface area contributed by atoms with Crippen LogP contribution in [0.5, 0.6) is 0 Å². The van der Waals surface area contributed by atoms with E-state index in [9.17, 15) is 0 Å². The van der Waals surface area contributed by atoms with E-state index in [4.69, 9.17) is 4.52 Å². The summed E-state index contributed by atoms with van der Waals surface area (Å²) in [6.07, 6.45) is 3.70. The van der Waals surface area contributed by atoms with Crippen LogP contribution in [0.1, 0.15) is 24.3 Å². The van der Waals surface area contributed by atoms with Gasteiger partial charge in [-0.1, -0.05) is 53.7 Å². The lowest BCUT2D eigenvalue weighted by Crippen LogP contribution is -2.55. The van der Waals surface area contributed by atoms with Crippen LogP contribution in [-0.2, 0) is 6.42 Å². The largest absolute Gasteiger partial charge is 0.339 e. The van der Waals surface area contributed by atoms with Crippen molar-refractivity contribution in [3.8, 4) is 22.5 Å². The highest BCUT2D eigenvalue weighted by molar-refractivity contribution is 5.67. The Hall–Kier alpha value is -2.54. The van der Waals surface area contributed by atoms with Gasteiger partial charge in [-0.2, -0.15) is 4.98 Å². The number of nitrogens with one attached hydrogen (secondary N) is 1. The third-order valence-corrected chi connectivity index (χ3v) is 6.97. The highest BCUT2D eigenvalue weighted by Crippen LogP contribution is 2.25. The number of rotatable bonds is 6. The molecule has 2 aliphatic rings. The summed E-state index contributed by atoms with van der Waals surface area (Å²) < 4.78 is 5.09. The van der Waals surface area contributed by atoms with Crippen LogP contribution in [0.25, 0.3) is 22.5 Å². The van der Waals surface area contributed by atoms with Gasteiger partial charge in [0.2, 0.25) is 11.7 Å². The minimum absolute atomic E-state index is 0.578. The highest BCUT2D eigenvalue weighted by Gasteiger charge is 2.31. The van der Waals surface area contributed by atoms with Crippen LogP contribution in [0.4, 0.5) is 0 Å². The van der Waals surface area contributed by atoms with E-state index in [1.807, 2.05) is 6.92 Å². The van der Waals surface area contributed by atoms with Crippen LogP contribution in [-0.4, -0.2) is 71.8 Å². The summed E-state index contributed by atoms with van der Waals surface area (Å²) in [6.45, 7) is 7.65. The highest BCUT2D eigenvalue weighted by atomic mass is 16.5. The molecule has 5 rings (SSSR count). The fourth-order valence-corrected chi connectivity index (χ4v) is 5.02. The molecule has 3 aromatic rings. The van der Waals surface area contributed by atoms with Crippen molar-refractivity contribution in [3.05, 3.63) is 60.0 Å². The van der Waals surface area contributed by atoms with Gasteiger partial charge in [0, 0.05) is 50.7 Å².